The van der Waals surface area contributed by atoms with E-state index in [0.29, 0.717) is 37.2 Å². The predicted octanol–water partition coefficient (Wildman–Crippen LogP) is 3.06. The molecule has 8 heteroatoms. The molecule has 2 heterocycles. The topological polar surface area (TPSA) is 88.6 Å². The molecule has 162 valence electrons. The largest absolute Gasteiger partial charge is 0.497 e. The number of aromatic nitrogens is 1. The second-order valence-electron chi connectivity index (χ2n) is 7.71. The smallest absolute Gasteiger partial charge is 0.252 e. The average Bonchev–Trinajstić information content (AvgIpc) is 2.78. The summed E-state index contributed by atoms with van der Waals surface area (Å²) in [6.07, 6.45) is 2.40. The maximum absolute atomic E-state index is 13.2. The number of hydrogen-bond acceptors (Lipinski definition) is 5. The van der Waals surface area contributed by atoms with Crippen molar-refractivity contribution >= 4 is 26.8 Å². The molecule has 1 aromatic heterocycles. The van der Waals surface area contributed by atoms with Gasteiger partial charge in [0.2, 0.25) is 10.0 Å². The third kappa shape index (κ3) is 4.70. The Morgan fingerprint density at radius 1 is 1.10 bits per heavy atom. The SMILES string of the molecule is COc1ccc(-c2cc(C(=O)NC3CCN(S(C)(=O)=O)CC3)c3ccccc3n2)cc1. The number of carbonyl (C=O) groups is 1. The van der Waals surface area contributed by atoms with Gasteiger partial charge in [0, 0.05) is 30.1 Å². The van der Waals surface area contributed by atoms with Crippen molar-refractivity contribution in [1.82, 2.24) is 14.6 Å². The van der Waals surface area contributed by atoms with E-state index in [2.05, 4.69) is 5.32 Å². The minimum atomic E-state index is -3.20. The molecule has 1 saturated heterocycles. The molecule has 1 aliphatic heterocycles. The van der Waals surface area contributed by atoms with Crippen molar-refractivity contribution in [1.29, 1.82) is 0 Å². The third-order valence-electron chi connectivity index (χ3n) is 5.60. The standard InChI is InChI=1S/C23H25N3O4S/c1-30-18-9-7-16(8-10-18)22-15-20(19-5-3-4-6-21(19)25-22)23(27)24-17-11-13-26(14-12-17)31(2,28)29/h3-10,15,17H,11-14H2,1-2H3,(H,24,27). The van der Waals surface area contributed by atoms with Crippen LogP contribution in [0.3, 0.4) is 0 Å². The van der Waals surface area contributed by atoms with Crippen LogP contribution in [-0.4, -0.2) is 56.1 Å². The number of nitrogens with zero attached hydrogens (tertiary/aromatic N) is 2. The van der Waals surface area contributed by atoms with Gasteiger partial charge in [-0.05, 0) is 49.2 Å². The predicted molar refractivity (Wildman–Crippen MR) is 121 cm³/mol. The monoisotopic (exact) mass is 439 g/mol. The molecule has 0 radical (unpaired) electrons. The van der Waals surface area contributed by atoms with Gasteiger partial charge >= 0.3 is 0 Å². The first-order valence-corrected chi connectivity index (χ1v) is 12.0. The summed E-state index contributed by atoms with van der Waals surface area (Å²) in [6, 6.07) is 16.9. The van der Waals surface area contributed by atoms with Crippen LogP contribution in [0.15, 0.2) is 54.6 Å². The minimum Gasteiger partial charge on any atom is -0.497 e. The molecule has 0 spiro atoms. The third-order valence-corrected chi connectivity index (χ3v) is 6.91. The lowest BCUT2D eigenvalue weighted by molar-refractivity contribution is 0.0925. The van der Waals surface area contributed by atoms with E-state index in [9.17, 15) is 13.2 Å². The number of sulfonamides is 1. The fraction of sp³-hybridized carbons (Fsp3) is 0.304. The van der Waals surface area contributed by atoms with Gasteiger partial charge in [-0.1, -0.05) is 18.2 Å². The second-order valence-corrected chi connectivity index (χ2v) is 9.69. The van der Waals surface area contributed by atoms with E-state index >= 15 is 0 Å². The summed E-state index contributed by atoms with van der Waals surface area (Å²) in [5.74, 6) is 0.578. The Labute approximate surface area is 182 Å². The van der Waals surface area contributed by atoms with Crippen LogP contribution in [0.5, 0.6) is 5.75 Å². The maximum Gasteiger partial charge on any atom is 0.252 e. The number of benzene rings is 2. The van der Waals surface area contributed by atoms with E-state index < -0.39 is 10.0 Å². The van der Waals surface area contributed by atoms with Crippen LogP contribution in [0.4, 0.5) is 0 Å². The normalized spacial score (nSPS) is 15.7. The van der Waals surface area contributed by atoms with Gasteiger partial charge in [-0.3, -0.25) is 4.79 Å². The minimum absolute atomic E-state index is 0.0677. The molecule has 0 unspecified atom stereocenters. The zero-order valence-electron chi connectivity index (χ0n) is 17.5. The molecule has 3 aromatic rings. The van der Waals surface area contributed by atoms with Crippen molar-refractivity contribution in [3.05, 3.63) is 60.2 Å². The number of ether oxygens (including phenoxy) is 1. The number of methoxy groups -OCH3 is 1. The summed E-state index contributed by atoms with van der Waals surface area (Å²) < 4.78 is 30.1. The van der Waals surface area contributed by atoms with Gasteiger partial charge in [-0.15, -0.1) is 0 Å². The second kappa shape index (κ2) is 8.64. The van der Waals surface area contributed by atoms with Gasteiger partial charge in [-0.25, -0.2) is 17.7 Å². The van der Waals surface area contributed by atoms with E-state index in [1.54, 1.807) is 7.11 Å². The molecule has 1 fully saturated rings. The first-order valence-electron chi connectivity index (χ1n) is 10.2. The number of amides is 1. The van der Waals surface area contributed by atoms with Gasteiger partial charge in [0.1, 0.15) is 5.75 Å². The summed E-state index contributed by atoms with van der Waals surface area (Å²) in [6.45, 7) is 0.829. The number of rotatable bonds is 5. The van der Waals surface area contributed by atoms with E-state index in [1.165, 1.54) is 10.6 Å². The van der Waals surface area contributed by atoms with Crippen LogP contribution < -0.4 is 10.1 Å². The fourth-order valence-electron chi connectivity index (χ4n) is 3.87. The number of fused-ring (bicyclic) bond motifs is 1. The molecule has 1 amide bonds. The van der Waals surface area contributed by atoms with Gasteiger partial charge in [0.05, 0.1) is 30.1 Å². The molecule has 4 rings (SSSR count). The lowest BCUT2D eigenvalue weighted by atomic mass is 10.0. The van der Waals surface area contributed by atoms with Gasteiger partial charge in [0.15, 0.2) is 0 Å². The number of pyridine rings is 1. The molecule has 0 atom stereocenters. The van der Waals surface area contributed by atoms with E-state index in [0.717, 1.165) is 22.2 Å². The van der Waals surface area contributed by atoms with Crippen LogP contribution >= 0.6 is 0 Å². The Kier molecular flexibility index (Phi) is 5.93. The van der Waals surface area contributed by atoms with Crippen molar-refractivity contribution in [2.75, 3.05) is 26.5 Å². The summed E-state index contributed by atoms with van der Waals surface area (Å²) in [4.78, 5) is 17.9. The van der Waals surface area contributed by atoms with E-state index in [4.69, 9.17) is 9.72 Å². The molecule has 0 saturated carbocycles. The summed E-state index contributed by atoms with van der Waals surface area (Å²) >= 11 is 0. The number of para-hydroxylation sites is 1. The van der Waals surface area contributed by atoms with Crippen molar-refractivity contribution in [3.63, 3.8) is 0 Å². The number of nitrogens with one attached hydrogen (secondary N) is 1. The van der Waals surface area contributed by atoms with Gasteiger partial charge in [0.25, 0.3) is 5.91 Å². The van der Waals surface area contributed by atoms with Crippen molar-refractivity contribution in [2.45, 2.75) is 18.9 Å². The highest BCUT2D eigenvalue weighted by Gasteiger charge is 2.26. The highest BCUT2D eigenvalue weighted by molar-refractivity contribution is 7.88. The van der Waals surface area contributed by atoms with Crippen LogP contribution in [0.1, 0.15) is 23.2 Å². The Hall–Kier alpha value is -2.97. The number of hydrogen-bond donors (Lipinski definition) is 1. The first kappa shape index (κ1) is 21.3. The van der Waals surface area contributed by atoms with Crippen LogP contribution in [-0.2, 0) is 10.0 Å². The van der Waals surface area contributed by atoms with E-state index in [1.807, 2.05) is 54.6 Å². The lowest BCUT2D eigenvalue weighted by Gasteiger charge is -2.30. The summed E-state index contributed by atoms with van der Waals surface area (Å²) in [5, 5.41) is 3.87. The maximum atomic E-state index is 13.2. The number of carbonyl (C=O) groups excluding carboxylic acids is 1. The molecule has 2 aromatic carbocycles. The van der Waals surface area contributed by atoms with Crippen molar-refractivity contribution in [3.8, 4) is 17.0 Å². The fourth-order valence-corrected chi connectivity index (χ4v) is 4.74. The Morgan fingerprint density at radius 3 is 2.42 bits per heavy atom. The Balaban J connectivity index is 1.61. The summed E-state index contributed by atoms with van der Waals surface area (Å²) in [7, 11) is -1.58. The van der Waals surface area contributed by atoms with Crippen molar-refractivity contribution < 1.29 is 17.9 Å². The Morgan fingerprint density at radius 2 is 1.77 bits per heavy atom. The van der Waals surface area contributed by atoms with Gasteiger partial charge < -0.3 is 10.1 Å². The van der Waals surface area contributed by atoms with Crippen LogP contribution in [0.2, 0.25) is 0 Å². The number of piperidine rings is 1. The molecule has 1 aliphatic rings. The summed E-state index contributed by atoms with van der Waals surface area (Å²) in [5.41, 5.74) is 2.90. The molecular formula is C23H25N3O4S. The molecular weight excluding hydrogens is 414 g/mol. The van der Waals surface area contributed by atoms with E-state index in [-0.39, 0.29) is 11.9 Å². The van der Waals surface area contributed by atoms with Crippen LogP contribution in [0, 0.1) is 0 Å². The van der Waals surface area contributed by atoms with Crippen LogP contribution in [0.25, 0.3) is 22.2 Å². The molecule has 7 nitrogen and oxygen atoms in total. The highest BCUT2D eigenvalue weighted by Crippen LogP contribution is 2.26. The van der Waals surface area contributed by atoms with Crippen molar-refractivity contribution in [2.24, 2.45) is 0 Å². The van der Waals surface area contributed by atoms with Gasteiger partial charge in [-0.2, -0.15) is 0 Å². The molecule has 31 heavy (non-hydrogen) atoms. The molecule has 0 bridgehead atoms. The quantitative estimate of drug-likeness (QED) is 0.660. The zero-order chi connectivity index (χ0) is 22.0. The first-order chi connectivity index (χ1) is 14.8. The molecule has 1 N–H and O–H groups in total. The average molecular weight is 440 g/mol. The zero-order valence-corrected chi connectivity index (χ0v) is 18.4. The Bertz CT molecular complexity index is 1200. The highest BCUT2D eigenvalue weighted by atomic mass is 32.2. The molecule has 0 aliphatic carbocycles. The lowest BCUT2D eigenvalue weighted by Crippen LogP contribution is -2.46.